The molecule has 2 aliphatic rings. The molecule has 0 unspecified atom stereocenters. The molecular weight excluding hydrogens is 540 g/mol. The van der Waals surface area contributed by atoms with Gasteiger partial charge < -0.3 is 15.1 Å². The Labute approximate surface area is 250 Å². The van der Waals surface area contributed by atoms with E-state index in [1.54, 1.807) is 35.2 Å². The predicted molar refractivity (Wildman–Crippen MR) is 163 cm³/mol. The third kappa shape index (κ3) is 5.44. The highest BCUT2D eigenvalue weighted by molar-refractivity contribution is 6.13. The summed E-state index contributed by atoms with van der Waals surface area (Å²) >= 11 is 0. The Morgan fingerprint density at radius 1 is 1.09 bits per heavy atom. The number of carbonyl (C=O) groups excluding carboxylic acids is 3. The van der Waals surface area contributed by atoms with Gasteiger partial charge in [-0.2, -0.15) is 5.26 Å². The van der Waals surface area contributed by atoms with Gasteiger partial charge in [0.2, 0.25) is 5.91 Å². The molecule has 2 atom stereocenters. The monoisotopic (exact) mass is 572 g/mol. The van der Waals surface area contributed by atoms with E-state index < -0.39 is 6.04 Å². The Morgan fingerprint density at radius 2 is 1.86 bits per heavy atom. The van der Waals surface area contributed by atoms with Crippen molar-refractivity contribution < 1.29 is 14.4 Å². The molecule has 3 heterocycles. The van der Waals surface area contributed by atoms with Crippen LogP contribution in [-0.4, -0.2) is 40.3 Å². The Bertz CT molecular complexity index is 1760. The van der Waals surface area contributed by atoms with Crippen LogP contribution in [0.3, 0.4) is 0 Å². The van der Waals surface area contributed by atoms with Crippen LogP contribution in [-0.2, 0) is 16.1 Å². The summed E-state index contributed by atoms with van der Waals surface area (Å²) in [5, 5.41) is 13.7. The van der Waals surface area contributed by atoms with Gasteiger partial charge in [-0.25, -0.2) is 0 Å². The molecule has 3 amide bonds. The maximum Gasteiger partial charge on any atom is 0.258 e. The van der Waals surface area contributed by atoms with Crippen LogP contribution < -0.4 is 15.1 Å². The summed E-state index contributed by atoms with van der Waals surface area (Å²) in [6.07, 6.45) is 7.71. The number of nitrogens with zero attached hydrogens (tertiary/aromatic N) is 5. The van der Waals surface area contributed by atoms with Crippen molar-refractivity contribution in [1.29, 1.82) is 5.26 Å². The van der Waals surface area contributed by atoms with Crippen molar-refractivity contribution in [3.05, 3.63) is 95.4 Å². The molecule has 1 saturated carbocycles. The number of benzene rings is 2. The quantitative estimate of drug-likeness (QED) is 0.329. The molecule has 1 aliphatic heterocycles. The molecule has 0 bridgehead atoms. The standard InChI is InChI=1S/C34H32N6O3/c1-3-21(2)32(41)38-29-20-40(33(42)24-12-14-36-15-13-24)31-16-22(17-35)8-11-30(31)39(34(29)43)19-27-25-6-4-5-7-28(25)37-18-26(27)23-9-10-23/h4-8,11-16,18,21,23,29H,3,9-10,19-20H2,1-2H3,(H,38,41)/t21-,29+/m1/s1. The average Bonchev–Trinajstić information content (AvgIpc) is 3.90. The highest BCUT2D eigenvalue weighted by atomic mass is 16.2. The number of anilines is 2. The molecule has 0 saturated heterocycles. The lowest BCUT2D eigenvalue weighted by Gasteiger charge is -2.27. The van der Waals surface area contributed by atoms with Gasteiger partial charge in [0, 0.05) is 35.5 Å². The van der Waals surface area contributed by atoms with Crippen molar-refractivity contribution in [3.8, 4) is 6.07 Å². The minimum atomic E-state index is -1.01. The highest BCUT2D eigenvalue weighted by Crippen LogP contribution is 2.44. The summed E-state index contributed by atoms with van der Waals surface area (Å²) in [5.41, 5.74) is 4.60. The van der Waals surface area contributed by atoms with Gasteiger partial charge in [0.05, 0.1) is 41.6 Å². The van der Waals surface area contributed by atoms with Crippen LogP contribution in [0.2, 0.25) is 0 Å². The van der Waals surface area contributed by atoms with Gasteiger partial charge in [0.1, 0.15) is 6.04 Å². The van der Waals surface area contributed by atoms with Crippen molar-refractivity contribution in [2.24, 2.45) is 5.92 Å². The molecule has 2 aromatic heterocycles. The number of amides is 3. The number of rotatable bonds is 7. The SMILES string of the molecule is CC[C@@H](C)C(=O)N[C@H]1CN(C(=O)c2ccncc2)c2cc(C#N)ccc2N(Cc2c(C3CC3)cnc3ccccc23)C1=O. The van der Waals surface area contributed by atoms with E-state index in [1.807, 2.05) is 44.3 Å². The molecule has 1 N–H and O–H groups in total. The van der Waals surface area contributed by atoms with E-state index in [2.05, 4.69) is 16.4 Å². The van der Waals surface area contributed by atoms with Gasteiger partial charge in [-0.1, -0.05) is 32.0 Å². The third-order valence-corrected chi connectivity index (χ3v) is 8.42. The predicted octanol–water partition coefficient (Wildman–Crippen LogP) is 5.10. The van der Waals surface area contributed by atoms with E-state index in [-0.39, 0.29) is 36.7 Å². The molecule has 1 fully saturated rings. The van der Waals surface area contributed by atoms with Crippen molar-refractivity contribution in [2.75, 3.05) is 16.3 Å². The average molecular weight is 573 g/mol. The van der Waals surface area contributed by atoms with Crippen LogP contribution in [0, 0.1) is 17.2 Å². The molecular formula is C34H32N6O3. The molecule has 216 valence electrons. The number of carbonyl (C=O) groups is 3. The molecule has 1 aliphatic carbocycles. The van der Waals surface area contributed by atoms with E-state index in [0.717, 1.165) is 34.9 Å². The zero-order valence-corrected chi connectivity index (χ0v) is 24.2. The Hall–Kier alpha value is -5.10. The summed E-state index contributed by atoms with van der Waals surface area (Å²) in [5.74, 6) is -0.874. The molecule has 43 heavy (non-hydrogen) atoms. The fourth-order valence-corrected chi connectivity index (χ4v) is 5.61. The van der Waals surface area contributed by atoms with Gasteiger partial charge in [-0.15, -0.1) is 0 Å². The maximum atomic E-state index is 14.5. The zero-order valence-electron chi connectivity index (χ0n) is 24.2. The third-order valence-electron chi connectivity index (χ3n) is 8.42. The number of hydrogen-bond donors (Lipinski definition) is 1. The second-order valence-corrected chi connectivity index (χ2v) is 11.2. The lowest BCUT2D eigenvalue weighted by Crippen LogP contribution is -2.53. The summed E-state index contributed by atoms with van der Waals surface area (Å²) in [6, 6.07) is 17.3. The Balaban J connectivity index is 1.52. The highest BCUT2D eigenvalue weighted by Gasteiger charge is 2.39. The van der Waals surface area contributed by atoms with Gasteiger partial charge in [-0.05, 0) is 72.7 Å². The van der Waals surface area contributed by atoms with Crippen LogP contribution in [0.4, 0.5) is 11.4 Å². The molecule has 9 nitrogen and oxygen atoms in total. The number of pyridine rings is 2. The topological polar surface area (TPSA) is 119 Å². The van der Waals surface area contributed by atoms with E-state index in [9.17, 15) is 19.6 Å². The number of aromatic nitrogens is 2. The van der Waals surface area contributed by atoms with E-state index in [4.69, 9.17) is 4.98 Å². The molecule has 2 aromatic carbocycles. The fourth-order valence-electron chi connectivity index (χ4n) is 5.61. The van der Waals surface area contributed by atoms with Crippen molar-refractivity contribution in [2.45, 2.75) is 51.6 Å². The minimum absolute atomic E-state index is 0.0902. The Morgan fingerprint density at radius 3 is 2.58 bits per heavy atom. The Kier molecular flexibility index (Phi) is 7.59. The maximum absolute atomic E-state index is 14.5. The van der Waals surface area contributed by atoms with Crippen LogP contribution >= 0.6 is 0 Å². The first-order chi connectivity index (χ1) is 20.9. The number of para-hydroxylation sites is 1. The summed E-state index contributed by atoms with van der Waals surface area (Å²) in [4.78, 5) is 53.6. The van der Waals surface area contributed by atoms with E-state index in [0.29, 0.717) is 34.8 Å². The molecule has 9 heteroatoms. The van der Waals surface area contributed by atoms with Gasteiger partial charge >= 0.3 is 0 Å². The van der Waals surface area contributed by atoms with Gasteiger partial charge in [0.15, 0.2) is 0 Å². The normalized spacial score (nSPS) is 17.1. The number of nitrogens with one attached hydrogen (secondary N) is 1. The fraction of sp³-hybridized carbons (Fsp3) is 0.294. The van der Waals surface area contributed by atoms with Crippen molar-refractivity contribution in [1.82, 2.24) is 15.3 Å². The minimum Gasteiger partial charge on any atom is -0.342 e. The van der Waals surface area contributed by atoms with Crippen LogP contribution in [0.25, 0.3) is 10.9 Å². The zero-order chi connectivity index (χ0) is 30.1. The first-order valence-electron chi connectivity index (χ1n) is 14.6. The van der Waals surface area contributed by atoms with Gasteiger partial charge in [0.25, 0.3) is 11.8 Å². The molecule has 0 radical (unpaired) electrons. The second kappa shape index (κ2) is 11.6. The van der Waals surface area contributed by atoms with Crippen molar-refractivity contribution in [3.63, 3.8) is 0 Å². The smallest absolute Gasteiger partial charge is 0.258 e. The van der Waals surface area contributed by atoms with E-state index >= 15 is 0 Å². The van der Waals surface area contributed by atoms with Gasteiger partial charge in [-0.3, -0.25) is 24.4 Å². The molecule has 4 aromatic rings. The molecule has 6 rings (SSSR count). The lowest BCUT2D eigenvalue weighted by atomic mass is 9.99. The largest absolute Gasteiger partial charge is 0.342 e. The van der Waals surface area contributed by atoms with Crippen LogP contribution in [0.5, 0.6) is 0 Å². The number of hydrogen-bond acceptors (Lipinski definition) is 6. The summed E-state index contributed by atoms with van der Waals surface area (Å²) < 4.78 is 0. The summed E-state index contributed by atoms with van der Waals surface area (Å²) in [6.45, 7) is 3.86. The first-order valence-corrected chi connectivity index (χ1v) is 14.6. The number of fused-ring (bicyclic) bond motifs is 2. The second-order valence-electron chi connectivity index (χ2n) is 11.2. The lowest BCUT2D eigenvalue weighted by molar-refractivity contribution is -0.129. The molecule has 0 spiro atoms. The summed E-state index contributed by atoms with van der Waals surface area (Å²) in [7, 11) is 0. The van der Waals surface area contributed by atoms with E-state index in [1.165, 1.54) is 17.3 Å². The van der Waals surface area contributed by atoms with Crippen molar-refractivity contribution >= 4 is 40.0 Å². The first kappa shape index (κ1) is 28.0. The number of nitriles is 1. The van der Waals surface area contributed by atoms with Crippen LogP contribution in [0.1, 0.15) is 66.1 Å². The van der Waals surface area contributed by atoms with Crippen LogP contribution in [0.15, 0.2) is 73.2 Å².